The van der Waals surface area contributed by atoms with Crippen molar-refractivity contribution in [3.63, 3.8) is 0 Å². The van der Waals surface area contributed by atoms with E-state index in [1.165, 1.54) is 0 Å². The van der Waals surface area contributed by atoms with E-state index in [4.69, 9.17) is 5.26 Å². The Balaban J connectivity index is 2.67. The second-order valence-corrected chi connectivity index (χ2v) is 4.35. The van der Waals surface area contributed by atoms with E-state index in [1.54, 1.807) is 17.0 Å². The van der Waals surface area contributed by atoms with Gasteiger partial charge in [0.2, 0.25) is 5.91 Å². The van der Waals surface area contributed by atoms with Crippen LogP contribution >= 0.6 is 0 Å². The fourth-order valence-electron chi connectivity index (χ4n) is 1.69. The first-order chi connectivity index (χ1) is 8.56. The molecule has 0 aromatic heterocycles. The topological polar surface area (TPSA) is 44.1 Å². The lowest BCUT2D eigenvalue weighted by Crippen LogP contribution is -2.33. The average molecular weight is 242 g/mol. The fraction of sp³-hybridized carbons (Fsp3) is 0.333. The van der Waals surface area contributed by atoms with Crippen molar-refractivity contribution in [1.82, 2.24) is 4.90 Å². The monoisotopic (exact) mass is 242 g/mol. The summed E-state index contributed by atoms with van der Waals surface area (Å²) >= 11 is 0. The van der Waals surface area contributed by atoms with E-state index in [1.807, 2.05) is 26.0 Å². The van der Waals surface area contributed by atoms with Crippen LogP contribution < -0.4 is 0 Å². The standard InChI is InChI=1S/C15H18N2O/c1-4-17(11-12(2)3)15(18)9-13-5-7-14(10-16)8-6-13/h5-8H,2,4,9,11H2,1,3H3. The number of amides is 1. The van der Waals surface area contributed by atoms with Gasteiger partial charge in [-0.05, 0) is 31.5 Å². The molecule has 0 heterocycles. The summed E-state index contributed by atoms with van der Waals surface area (Å²) in [4.78, 5) is 13.8. The smallest absolute Gasteiger partial charge is 0.227 e. The van der Waals surface area contributed by atoms with Crippen LogP contribution in [0.4, 0.5) is 0 Å². The number of nitriles is 1. The molecule has 0 aliphatic rings. The summed E-state index contributed by atoms with van der Waals surface area (Å²) in [7, 11) is 0. The maximum Gasteiger partial charge on any atom is 0.227 e. The zero-order valence-electron chi connectivity index (χ0n) is 10.9. The summed E-state index contributed by atoms with van der Waals surface area (Å²) in [6.07, 6.45) is 0.368. The zero-order valence-corrected chi connectivity index (χ0v) is 10.9. The summed E-state index contributed by atoms with van der Waals surface area (Å²) in [5.74, 6) is 0.0882. The highest BCUT2D eigenvalue weighted by atomic mass is 16.2. The molecule has 0 fully saturated rings. The molecule has 0 bridgehead atoms. The first kappa shape index (κ1) is 14.0. The molecule has 0 spiro atoms. The molecule has 1 aromatic rings. The van der Waals surface area contributed by atoms with Crippen LogP contribution in [0.15, 0.2) is 36.4 Å². The van der Waals surface area contributed by atoms with Gasteiger partial charge in [0.1, 0.15) is 0 Å². The van der Waals surface area contributed by atoms with Gasteiger partial charge >= 0.3 is 0 Å². The third kappa shape index (κ3) is 4.06. The molecule has 1 amide bonds. The number of benzene rings is 1. The van der Waals surface area contributed by atoms with Crippen molar-refractivity contribution in [2.45, 2.75) is 20.3 Å². The molecular formula is C15H18N2O. The Morgan fingerprint density at radius 1 is 1.39 bits per heavy atom. The molecule has 94 valence electrons. The van der Waals surface area contributed by atoms with Crippen molar-refractivity contribution in [2.75, 3.05) is 13.1 Å². The zero-order chi connectivity index (χ0) is 13.5. The van der Waals surface area contributed by atoms with Crippen LogP contribution in [-0.2, 0) is 11.2 Å². The van der Waals surface area contributed by atoms with Gasteiger partial charge in [0, 0.05) is 13.1 Å². The molecule has 18 heavy (non-hydrogen) atoms. The lowest BCUT2D eigenvalue weighted by atomic mass is 10.1. The first-order valence-corrected chi connectivity index (χ1v) is 5.98. The largest absolute Gasteiger partial charge is 0.339 e. The third-order valence-corrected chi connectivity index (χ3v) is 2.63. The molecular weight excluding hydrogens is 224 g/mol. The summed E-state index contributed by atoms with van der Waals surface area (Å²) in [6, 6.07) is 9.18. The van der Waals surface area contributed by atoms with Crippen LogP contribution in [-0.4, -0.2) is 23.9 Å². The average Bonchev–Trinajstić information content (AvgIpc) is 2.36. The van der Waals surface area contributed by atoms with Gasteiger partial charge in [-0.2, -0.15) is 5.26 Å². The maximum absolute atomic E-state index is 12.1. The van der Waals surface area contributed by atoms with E-state index in [0.717, 1.165) is 11.1 Å². The molecule has 1 rings (SSSR count). The van der Waals surface area contributed by atoms with Gasteiger partial charge in [-0.1, -0.05) is 24.3 Å². The minimum Gasteiger partial charge on any atom is -0.339 e. The molecule has 1 aromatic carbocycles. The second-order valence-electron chi connectivity index (χ2n) is 4.35. The molecule has 0 aliphatic heterocycles. The van der Waals surface area contributed by atoms with E-state index in [-0.39, 0.29) is 5.91 Å². The van der Waals surface area contributed by atoms with Crippen molar-refractivity contribution in [3.05, 3.63) is 47.5 Å². The molecule has 0 radical (unpaired) electrons. The molecule has 3 heteroatoms. The first-order valence-electron chi connectivity index (χ1n) is 5.98. The van der Waals surface area contributed by atoms with Gasteiger partial charge in [0.05, 0.1) is 18.1 Å². The summed E-state index contributed by atoms with van der Waals surface area (Å²) in [5, 5.41) is 8.70. The predicted octanol–water partition coefficient (Wildman–Crippen LogP) is 2.53. The van der Waals surface area contributed by atoms with Gasteiger partial charge in [0.15, 0.2) is 0 Å². The van der Waals surface area contributed by atoms with Crippen LogP contribution in [0.3, 0.4) is 0 Å². The normalized spacial score (nSPS) is 9.61. The fourth-order valence-corrected chi connectivity index (χ4v) is 1.69. The van der Waals surface area contributed by atoms with Gasteiger partial charge in [0.25, 0.3) is 0 Å². The quantitative estimate of drug-likeness (QED) is 0.745. The summed E-state index contributed by atoms with van der Waals surface area (Å²) in [5.41, 5.74) is 2.52. The highest BCUT2D eigenvalue weighted by Gasteiger charge is 2.12. The highest BCUT2D eigenvalue weighted by Crippen LogP contribution is 2.07. The van der Waals surface area contributed by atoms with E-state index >= 15 is 0 Å². The Morgan fingerprint density at radius 2 is 2.00 bits per heavy atom. The molecule has 0 atom stereocenters. The Morgan fingerprint density at radius 3 is 2.44 bits per heavy atom. The van der Waals surface area contributed by atoms with E-state index in [2.05, 4.69) is 12.6 Å². The van der Waals surface area contributed by atoms with Crippen LogP contribution in [0, 0.1) is 11.3 Å². The van der Waals surface area contributed by atoms with Crippen LogP contribution in [0.1, 0.15) is 25.0 Å². The molecule has 0 N–H and O–H groups in total. The SMILES string of the molecule is C=C(C)CN(CC)C(=O)Cc1ccc(C#N)cc1. The van der Waals surface area contributed by atoms with E-state index in [9.17, 15) is 4.79 Å². The van der Waals surface area contributed by atoms with E-state index in [0.29, 0.717) is 25.1 Å². The number of carbonyl (C=O) groups is 1. The number of likely N-dealkylation sites (N-methyl/N-ethyl adjacent to an activating group) is 1. The lowest BCUT2D eigenvalue weighted by Gasteiger charge is -2.21. The molecule has 0 aliphatic carbocycles. The van der Waals surface area contributed by atoms with Crippen molar-refractivity contribution in [1.29, 1.82) is 5.26 Å². The van der Waals surface area contributed by atoms with Crippen LogP contribution in [0.25, 0.3) is 0 Å². The Kier molecular flexibility index (Phi) is 5.13. The van der Waals surface area contributed by atoms with Crippen molar-refractivity contribution < 1.29 is 4.79 Å². The Bertz CT molecular complexity index is 468. The number of nitrogens with zero attached hydrogens (tertiary/aromatic N) is 2. The predicted molar refractivity (Wildman–Crippen MR) is 71.9 cm³/mol. The van der Waals surface area contributed by atoms with Crippen molar-refractivity contribution in [3.8, 4) is 6.07 Å². The van der Waals surface area contributed by atoms with Gasteiger partial charge in [-0.3, -0.25) is 4.79 Å². The highest BCUT2D eigenvalue weighted by molar-refractivity contribution is 5.79. The molecule has 0 unspecified atom stereocenters. The van der Waals surface area contributed by atoms with Gasteiger partial charge < -0.3 is 4.90 Å². The minimum absolute atomic E-state index is 0.0882. The van der Waals surface area contributed by atoms with Crippen molar-refractivity contribution >= 4 is 5.91 Å². The number of carbonyl (C=O) groups excluding carboxylic acids is 1. The number of rotatable bonds is 5. The molecule has 0 saturated heterocycles. The summed E-state index contributed by atoms with van der Waals surface area (Å²) in [6.45, 7) is 8.98. The van der Waals surface area contributed by atoms with Gasteiger partial charge in [-0.25, -0.2) is 0 Å². The number of hydrogen-bond donors (Lipinski definition) is 0. The summed E-state index contributed by atoms with van der Waals surface area (Å²) < 4.78 is 0. The molecule has 0 saturated carbocycles. The van der Waals surface area contributed by atoms with Crippen LogP contribution in [0.5, 0.6) is 0 Å². The maximum atomic E-state index is 12.1. The molecule has 3 nitrogen and oxygen atoms in total. The Labute approximate surface area is 108 Å². The lowest BCUT2D eigenvalue weighted by molar-refractivity contribution is -0.129. The van der Waals surface area contributed by atoms with Gasteiger partial charge in [-0.15, -0.1) is 0 Å². The third-order valence-electron chi connectivity index (χ3n) is 2.63. The Hall–Kier alpha value is -2.08. The second kappa shape index (κ2) is 6.61. The van der Waals surface area contributed by atoms with E-state index < -0.39 is 0 Å². The number of hydrogen-bond acceptors (Lipinski definition) is 2. The van der Waals surface area contributed by atoms with Crippen LogP contribution in [0.2, 0.25) is 0 Å². The van der Waals surface area contributed by atoms with Crippen molar-refractivity contribution in [2.24, 2.45) is 0 Å². The minimum atomic E-state index is 0.0882.